The lowest BCUT2D eigenvalue weighted by Gasteiger charge is -2.25. The van der Waals surface area contributed by atoms with Crippen LogP contribution in [0.4, 0.5) is 11.9 Å². The van der Waals surface area contributed by atoms with Gasteiger partial charge < -0.3 is 10.2 Å². The lowest BCUT2D eigenvalue weighted by molar-refractivity contribution is 0.712. The molecule has 0 saturated heterocycles. The minimum atomic E-state index is 0.0791. The van der Waals surface area contributed by atoms with Crippen LogP contribution in [0, 0.1) is 0 Å². The van der Waals surface area contributed by atoms with Gasteiger partial charge in [-0.15, -0.1) is 0 Å². The van der Waals surface area contributed by atoms with Gasteiger partial charge in [0.2, 0.25) is 17.2 Å². The molecule has 1 aromatic heterocycles. The summed E-state index contributed by atoms with van der Waals surface area (Å²) < 4.78 is 0. The number of anilines is 2. The molecule has 0 aliphatic heterocycles. The van der Waals surface area contributed by atoms with Crippen molar-refractivity contribution in [1.82, 2.24) is 15.0 Å². The first-order valence-electron chi connectivity index (χ1n) is 6.09. The SMILES string of the molecule is CNc1nc(Cl)nc(N(C)C(C)c2ccc(Cl)cc2)n1. The van der Waals surface area contributed by atoms with E-state index < -0.39 is 0 Å². The van der Waals surface area contributed by atoms with Crippen LogP contribution in [0.1, 0.15) is 18.5 Å². The number of nitrogens with one attached hydrogen (secondary N) is 1. The van der Waals surface area contributed by atoms with Crippen molar-refractivity contribution in [3.8, 4) is 0 Å². The Balaban J connectivity index is 2.28. The number of benzene rings is 1. The molecule has 1 unspecified atom stereocenters. The van der Waals surface area contributed by atoms with Crippen molar-refractivity contribution in [2.45, 2.75) is 13.0 Å². The van der Waals surface area contributed by atoms with Gasteiger partial charge in [-0.3, -0.25) is 0 Å². The quantitative estimate of drug-likeness (QED) is 0.937. The van der Waals surface area contributed by atoms with Crippen LogP contribution in [0.2, 0.25) is 10.3 Å². The summed E-state index contributed by atoms with van der Waals surface area (Å²) in [7, 11) is 3.64. The smallest absolute Gasteiger partial charge is 0.231 e. The first-order chi connectivity index (χ1) is 9.51. The third-order valence-electron chi connectivity index (χ3n) is 3.07. The molecule has 0 aliphatic carbocycles. The third-order valence-corrected chi connectivity index (χ3v) is 3.49. The molecule has 7 heteroatoms. The van der Waals surface area contributed by atoms with Crippen molar-refractivity contribution in [2.24, 2.45) is 0 Å². The molecule has 2 aromatic rings. The summed E-state index contributed by atoms with van der Waals surface area (Å²) >= 11 is 11.8. The molecule has 0 radical (unpaired) electrons. The van der Waals surface area contributed by atoms with Crippen LogP contribution in [0.5, 0.6) is 0 Å². The first-order valence-corrected chi connectivity index (χ1v) is 6.84. The number of rotatable bonds is 4. The van der Waals surface area contributed by atoms with E-state index in [1.807, 2.05) is 36.2 Å². The summed E-state index contributed by atoms with van der Waals surface area (Å²) in [5.41, 5.74) is 1.11. The van der Waals surface area contributed by atoms with Gasteiger partial charge in [0, 0.05) is 19.1 Å². The minimum absolute atomic E-state index is 0.0791. The summed E-state index contributed by atoms with van der Waals surface area (Å²) in [4.78, 5) is 14.3. The van der Waals surface area contributed by atoms with Gasteiger partial charge in [0.05, 0.1) is 6.04 Å². The van der Waals surface area contributed by atoms with E-state index in [0.29, 0.717) is 16.9 Å². The third kappa shape index (κ3) is 3.29. The van der Waals surface area contributed by atoms with E-state index in [1.165, 1.54) is 0 Å². The van der Waals surface area contributed by atoms with Gasteiger partial charge in [0.25, 0.3) is 0 Å². The van der Waals surface area contributed by atoms with E-state index in [9.17, 15) is 0 Å². The Labute approximate surface area is 128 Å². The molecule has 1 N–H and O–H groups in total. The Morgan fingerprint density at radius 2 is 1.75 bits per heavy atom. The lowest BCUT2D eigenvalue weighted by atomic mass is 10.1. The number of aromatic nitrogens is 3. The highest BCUT2D eigenvalue weighted by molar-refractivity contribution is 6.30. The highest BCUT2D eigenvalue weighted by atomic mass is 35.5. The Hall–Kier alpha value is -1.59. The number of halogens is 2. The summed E-state index contributed by atoms with van der Waals surface area (Å²) in [5.74, 6) is 0.951. The molecule has 0 bridgehead atoms. The minimum Gasteiger partial charge on any atom is -0.357 e. The van der Waals surface area contributed by atoms with Gasteiger partial charge in [0.15, 0.2) is 0 Å². The summed E-state index contributed by atoms with van der Waals surface area (Å²) in [6, 6.07) is 7.76. The van der Waals surface area contributed by atoms with E-state index in [4.69, 9.17) is 23.2 Å². The molecular formula is C13H15Cl2N5. The van der Waals surface area contributed by atoms with Crippen LogP contribution in [-0.2, 0) is 0 Å². The lowest BCUT2D eigenvalue weighted by Crippen LogP contribution is -2.24. The second-order valence-electron chi connectivity index (χ2n) is 4.32. The van der Waals surface area contributed by atoms with Crippen LogP contribution in [0.15, 0.2) is 24.3 Å². The fourth-order valence-corrected chi connectivity index (χ4v) is 2.03. The van der Waals surface area contributed by atoms with Crippen LogP contribution >= 0.6 is 23.2 Å². The molecule has 106 valence electrons. The Morgan fingerprint density at radius 3 is 2.35 bits per heavy atom. The van der Waals surface area contributed by atoms with Gasteiger partial charge in [-0.1, -0.05) is 23.7 Å². The average Bonchev–Trinajstić information content (AvgIpc) is 2.45. The monoisotopic (exact) mass is 311 g/mol. The zero-order valence-electron chi connectivity index (χ0n) is 11.4. The van der Waals surface area contributed by atoms with E-state index in [2.05, 4.69) is 27.2 Å². The Morgan fingerprint density at radius 1 is 1.10 bits per heavy atom. The predicted octanol–water partition coefficient (Wildman–Crippen LogP) is 3.42. The van der Waals surface area contributed by atoms with Gasteiger partial charge in [-0.05, 0) is 36.2 Å². The molecular weight excluding hydrogens is 297 g/mol. The molecule has 0 spiro atoms. The molecule has 0 aliphatic rings. The van der Waals surface area contributed by atoms with E-state index in [1.54, 1.807) is 7.05 Å². The van der Waals surface area contributed by atoms with Crippen LogP contribution in [0.25, 0.3) is 0 Å². The normalized spacial score (nSPS) is 12.1. The summed E-state index contributed by atoms with van der Waals surface area (Å²) in [6.07, 6.45) is 0. The van der Waals surface area contributed by atoms with Crippen molar-refractivity contribution in [3.05, 3.63) is 40.1 Å². The highest BCUT2D eigenvalue weighted by Crippen LogP contribution is 2.24. The molecule has 5 nitrogen and oxygen atoms in total. The molecule has 0 saturated carbocycles. The molecule has 2 rings (SSSR count). The summed E-state index contributed by atoms with van der Waals surface area (Å²) in [6.45, 7) is 2.06. The van der Waals surface area contributed by atoms with Crippen molar-refractivity contribution >= 4 is 35.1 Å². The summed E-state index contributed by atoms with van der Waals surface area (Å²) in [5, 5.41) is 3.73. The standard InChI is InChI=1S/C13H15Cl2N5/c1-8(9-4-6-10(14)7-5-9)20(3)13-18-11(15)17-12(16-2)19-13/h4-8H,1-3H3,(H,16,17,18,19). The zero-order valence-corrected chi connectivity index (χ0v) is 12.9. The zero-order chi connectivity index (χ0) is 14.7. The van der Waals surface area contributed by atoms with Gasteiger partial charge in [-0.25, -0.2) is 0 Å². The van der Waals surface area contributed by atoms with Gasteiger partial charge in [0.1, 0.15) is 0 Å². The van der Waals surface area contributed by atoms with Crippen molar-refractivity contribution in [1.29, 1.82) is 0 Å². The topological polar surface area (TPSA) is 53.9 Å². The number of nitrogens with zero attached hydrogens (tertiary/aromatic N) is 4. The fourth-order valence-electron chi connectivity index (χ4n) is 1.75. The maximum atomic E-state index is 5.90. The Kier molecular flexibility index (Phi) is 4.62. The fraction of sp³-hybridized carbons (Fsp3) is 0.308. The Bertz CT molecular complexity index is 588. The second kappa shape index (κ2) is 6.24. The largest absolute Gasteiger partial charge is 0.357 e. The van der Waals surface area contributed by atoms with Crippen molar-refractivity contribution in [2.75, 3.05) is 24.3 Å². The first kappa shape index (κ1) is 14.8. The predicted molar refractivity (Wildman–Crippen MR) is 82.7 cm³/mol. The van der Waals surface area contributed by atoms with E-state index in [0.717, 1.165) is 5.56 Å². The van der Waals surface area contributed by atoms with Crippen molar-refractivity contribution in [3.63, 3.8) is 0 Å². The molecule has 1 atom stereocenters. The molecule has 0 amide bonds. The van der Waals surface area contributed by atoms with Crippen LogP contribution in [-0.4, -0.2) is 29.0 Å². The number of hydrogen-bond acceptors (Lipinski definition) is 5. The number of hydrogen-bond donors (Lipinski definition) is 1. The molecule has 1 heterocycles. The van der Waals surface area contributed by atoms with E-state index in [-0.39, 0.29) is 11.3 Å². The second-order valence-corrected chi connectivity index (χ2v) is 5.09. The van der Waals surface area contributed by atoms with E-state index >= 15 is 0 Å². The van der Waals surface area contributed by atoms with Crippen LogP contribution < -0.4 is 10.2 Å². The highest BCUT2D eigenvalue weighted by Gasteiger charge is 2.16. The molecule has 20 heavy (non-hydrogen) atoms. The van der Waals surface area contributed by atoms with Crippen LogP contribution in [0.3, 0.4) is 0 Å². The maximum absolute atomic E-state index is 5.90. The maximum Gasteiger partial charge on any atom is 0.231 e. The van der Waals surface area contributed by atoms with Crippen molar-refractivity contribution < 1.29 is 0 Å². The average molecular weight is 312 g/mol. The van der Waals surface area contributed by atoms with Gasteiger partial charge >= 0.3 is 0 Å². The molecule has 0 fully saturated rings. The molecule has 1 aromatic carbocycles. The van der Waals surface area contributed by atoms with Gasteiger partial charge in [-0.2, -0.15) is 15.0 Å².